The predicted molar refractivity (Wildman–Crippen MR) is 46.9 cm³/mol. The van der Waals surface area contributed by atoms with Gasteiger partial charge in [-0.1, -0.05) is 12.1 Å². The number of H-pyrrole nitrogens is 1. The van der Waals surface area contributed by atoms with Gasteiger partial charge >= 0.3 is 0 Å². The highest BCUT2D eigenvalue weighted by Gasteiger charge is 2.06. The van der Waals surface area contributed by atoms with Gasteiger partial charge in [-0.2, -0.15) is 0 Å². The fourth-order valence-corrected chi connectivity index (χ4v) is 1.36. The lowest BCUT2D eigenvalue weighted by atomic mass is 10.1. The van der Waals surface area contributed by atoms with Gasteiger partial charge in [0, 0.05) is 23.7 Å². The molecule has 0 fully saturated rings. The topological polar surface area (TPSA) is 48.0 Å². The van der Waals surface area contributed by atoms with Crippen LogP contribution < -0.4 is 5.48 Å². The van der Waals surface area contributed by atoms with Crippen molar-refractivity contribution >= 4 is 10.9 Å². The van der Waals surface area contributed by atoms with E-state index in [1.54, 1.807) is 18.3 Å². The van der Waals surface area contributed by atoms with Crippen molar-refractivity contribution in [3.63, 3.8) is 0 Å². The number of halogens is 1. The van der Waals surface area contributed by atoms with Crippen LogP contribution in [-0.2, 0) is 6.54 Å². The second-order valence-electron chi connectivity index (χ2n) is 2.82. The molecule has 2 aromatic rings. The number of hydrogen-bond acceptors (Lipinski definition) is 2. The Hall–Kier alpha value is -1.39. The molecule has 0 aliphatic rings. The highest BCUT2D eigenvalue weighted by molar-refractivity contribution is 5.80. The van der Waals surface area contributed by atoms with E-state index in [1.807, 2.05) is 11.5 Å². The summed E-state index contributed by atoms with van der Waals surface area (Å²) < 4.78 is 13.5. The summed E-state index contributed by atoms with van der Waals surface area (Å²) in [6.45, 7) is 0.112. The number of hydroxylamine groups is 1. The van der Waals surface area contributed by atoms with Crippen molar-refractivity contribution in [2.45, 2.75) is 6.54 Å². The summed E-state index contributed by atoms with van der Waals surface area (Å²) in [4.78, 5) is 2.80. The minimum atomic E-state index is -0.316. The van der Waals surface area contributed by atoms with Crippen LogP contribution in [0, 0.1) is 5.82 Å². The van der Waals surface area contributed by atoms with E-state index >= 15 is 0 Å². The van der Waals surface area contributed by atoms with Gasteiger partial charge in [-0.3, -0.25) is 0 Å². The molecule has 0 aliphatic carbocycles. The molecule has 0 saturated heterocycles. The Bertz CT molecular complexity index is 424. The molecule has 1 aromatic heterocycles. The van der Waals surface area contributed by atoms with Crippen LogP contribution in [0.5, 0.6) is 0 Å². The molecule has 0 unspecified atom stereocenters. The Morgan fingerprint density at radius 3 is 3.00 bits per heavy atom. The number of benzene rings is 1. The van der Waals surface area contributed by atoms with Crippen LogP contribution in [0.15, 0.2) is 24.4 Å². The summed E-state index contributed by atoms with van der Waals surface area (Å²) in [5.74, 6) is -0.316. The highest BCUT2D eigenvalue weighted by atomic mass is 19.1. The average Bonchev–Trinajstić information content (AvgIpc) is 2.58. The van der Waals surface area contributed by atoms with E-state index in [0.717, 1.165) is 5.39 Å². The zero-order valence-electron chi connectivity index (χ0n) is 6.84. The van der Waals surface area contributed by atoms with Crippen LogP contribution in [0.2, 0.25) is 0 Å². The first kappa shape index (κ1) is 8.22. The van der Waals surface area contributed by atoms with Gasteiger partial charge in [-0.25, -0.2) is 9.87 Å². The van der Waals surface area contributed by atoms with E-state index in [9.17, 15) is 4.39 Å². The minimum Gasteiger partial charge on any atom is -0.359 e. The Labute approximate surface area is 74.2 Å². The third-order valence-corrected chi connectivity index (χ3v) is 2.01. The molecule has 1 aromatic carbocycles. The Morgan fingerprint density at radius 2 is 2.23 bits per heavy atom. The molecule has 0 atom stereocenters. The van der Waals surface area contributed by atoms with Crippen LogP contribution in [0.3, 0.4) is 0 Å². The number of aromatic amines is 1. The summed E-state index contributed by atoms with van der Waals surface area (Å²) in [7, 11) is 0. The Balaban J connectivity index is 2.59. The third kappa shape index (κ3) is 1.30. The lowest BCUT2D eigenvalue weighted by Crippen LogP contribution is -2.07. The molecular formula is C9H9FN2O. The van der Waals surface area contributed by atoms with Crippen molar-refractivity contribution in [2.75, 3.05) is 0 Å². The average molecular weight is 180 g/mol. The van der Waals surface area contributed by atoms with Crippen molar-refractivity contribution < 1.29 is 9.60 Å². The van der Waals surface area contributed by atoms with Gasteiger partial charge in [-0.15, -0.1) is 0 Å². The van der Waals surface area contributed by atoms with Gasteiger partial charge < -0.3 is 10.2 Å². The maximum Gasteiger partial charge on any atom is 0.151 e. The van der Waals surface area contributed by atoms with Crippen molar-refractivity contribution in [2.24, 2.45) is 0 Å². The van der Waals surface area contributed by atoms with Crippen LogP contribution >= 0.6 is 0 Å². The predicted octanol–water partition coefficient (Wildman–Crippen LogP) is 1.79. The van der Waals surface area contributed by atoms with E-state index < -0.39 is 0 Å². The molecule has 0 radical (unpaired) electrons. The van der Waals surface area contributed by atoms with Gasteiger partial charge in [0.2, 0.25) is 0 Å². The molecule has 0 bridgehead atoms. The quantitative estimate of drug-likeness (QED) is 0.617. The maximum absolute atomic E-state index is 13.5. The number of hydrogen-bond donors (Lipinski definition) is 3. The maximum atomic E-state index is 13.5. The first-order valence-corrected chi connectivity index (χ1v) is 3.94. The monoisotopic (exact) mass is 180 g/mol. The number of rotatable bonds is 2. The first-order chi connectivity index (χ1) is 6.33. The van der Waals surface area contributed by atoms with E-state index in [-0.39, 0.29) is 12.4 Å². The van der Waals surface area contributed by atoms with Gasteiger partial charge in [-0.05, 0) is 6.07 Å². The molecule has 68 valence electrons. The lowest BCUT2D eigenvalue weighted by molar-refractivity contribution is 0.160. The fourth-order valence-electron chi connectivity index (χ4n) is 1.36. The molecule has 13 heavy (non-hydrogen) atoms. The van der Waals surface area contributed by atoms with E-state index in [2.05, 4.69) is 4.98 Å². The van der Waals surface area contributed by atoms with Crippen LogP contribution in [0.25, 0.3) is 10.9 Å². The van der Waals surface area contributed by atoms with Gasteiger partial charge in [0.15, 0.2) is 5.82 Å². The largest absolute Gasteiger partial charge is 0.359 e. The number of aromatic nitrogens is 1. The molecule has 3 N–H and O–H groups in total. The first-order valence-electron chi connectivity index (χ1n) is 3.94. The summed E-state index contributed by atoms with van der Waals surface area (Å²) in [5.41, 5.74) is 2.85. The standard InChI is InChI=1S/C9H9FN2O/c10-8-7(5-12-13)2-1-6-3-4-11-9(6)8/h1-4,11-13H,5H2. The highest BCUT2D eigenvalue weighted by Crippen LogP contribution is 2.19. The Morgan fingerprint density at radius 1 is 1.38 bits per heavy atom. The van der Waals surface area contributed by atoms with Crippen LogP contribution in [0.1, 0.15) is 5.56 Å². The number of fused-ring (bicyclic) bond motifs is 1. The lowest BCUT2D eigenvalue weighted by Gasteiger charge is -2.01. The Kier molecular flexibility index (Phi) is 2.00. The van der Waals surface area contributed by atoms with Crippen molar-refractivity contribution in [1.29, 1.82) is 0 Å². The van der Waals surface area contributed by atoms with Gasteiger partial charge in [0.05, 0.1) is 5.52 Å². The van der Waals surface area contributed by atoms with E-state index in [0.29, 0.717) is 11.1 Å². The minimum absolute atomic E-state index is 0.112. The van der Waals surface area contributed by atoms with Gasteiger partial charge in [0.1, 0.15) is 0 Å². The number of nitrogens with one attached hydrogen (secondary N) is 2. The summed E-state index contributed by atoms with van der Waals surface area (Å²) in [6, 6.07) is 5.25. The van der Waals surface area contributed by atoms with Crippen LogP contribution in [-0.4, -0.2) is 10.2 Å². The second-order valence-corrected chi connectivity index (χ2v) is 2.82. The van der Waals surface area contributed by atoms with Gasteiger partial charge in [0.25, 0.3) is 0 Å². The fraction of sp³-hybridized carbons (Fsp3) is 0.111. The molecule has 0 amide bonds. The normalized spacial score (nSPS) is 10.9. The second kappa shape index (κ2) is 3.16. The van der Waals surface area contributed by atoms with E-state index in [4.69, 9.17) is 5.21 Å². The zero-order chi connectivity index (χ0) is 9.26. The molecule has 1 heterocycles. The molecule has 0 saturated carbocycles. The summed E-state index contributed by atoms with van der Waals surface area (Å²) in [5, 5.41) is 9.27. The SMILES string of the molecule is ONCc1ccc2cc[nH]c2c1F. The molecule has 0 aliphatic heterocycles. The van der Waals surface area contributed by atoms with E-state index in [1.165, 1.54) is 0 Å². The molecule has 4 heteroatoms. The molecule has 3 nitrogen and oxygen atoms in total. The molecule has 2 rings (SSSR count). The van der Waals surface area contributed by atoms with Crippen LogP contribution in [0.4, 0.5) is 4.39 Å². The smallest absolute Gasteiger partial charge is 0.151 e. The summed E-state index contributed by atoms with van der Waals surface area (Å²) >= 11 is 0. The molecule has 0 spiro atoms. The van der Waals surface area contributed by atoms with Crippen molar-refractivity contribution in [3.05, 3.63) is 35.8 Å². The van der Waals surface area contributed by atoms with Crippen molar-refractivity contribution in [3.8, 4) is 0 Å². The van der Waals surface area contributed by atoms with Crippen molar-refractivity contribution in [1.82, 2.24) is 10.5 Å². The zero-order valence-corrected chi connectivity index (χ0v) is 6.84. The molecular weight excluding hydrogens is 171 g/mol. The summed E-state index contributed by atoms with van der Waals surface area (Å²) in [6.07, 6.45) is 1.68. The third-order valence-electron chi connectivity index (χ3n) is 2.01.